The van der Waals surface area contributed by atoms with E-state index >= 15 is 0 Å². The first-order valence-electron chi connectivity index (χ1n) is 32.2. The summed E-state index contributed by atoms with van der Waals surface area (Å²) in [4.78, 5) is 51.3. The zero-order valence-electron chi connectivity index (χ0n) is 51.0. The van der Waals surface area contributed by atoms with E-state index in [9.17, 15) is 34.5 Å². The number of aliphatic carboxylic acids is 1. The van der Waals surface area contributed by atoms with Gasteiger partial charge >= 0.3 is 23.9 Å². The largest absolute Gasteiger partial charge is 0.479 e. The van der Waals surface area contributed by atoms with E-state index in [2.05, 4.69) is 118 Å². The Morgan fingerprint density at radius 1 is 0.420 bits per heavy atom. The number of carbonyl (C=O) groups is 4. The molecular weight excluding hydrogens is 1020 g/mol. The van der Waals surface area contributed by atoms with Gasteiger partial charge in [-0.3, -0.25) is 14.4 Å². The van der Waals surface area contributed by atoms with Crippen LogP contribution < -0.4 is 0 Å². The fourth-order valence-corrected chi connectivity index (χ4v) is 9.18. The third kappa shape index (κ3) is 45.8. The van der Waals surface area contributed by atoms with E-state index < -0.39 is 67.3 Å². The molecule has 462 valence electrons. The summed E-state index contributed by atoms with van der Waals surface area (Å²) >= 11 is 0. The molecule has 1 fully saturated rings. The van der Waals surface area contributed by atoms with Crippen LogP contribution in [0.1, 0.15) is 265 Å². The van der Waals surface area contributed by atoms with E-state index in [0.29, 0.717) is 19.3 Å². The van der Waals surface area contributed by atoms with Crippen LogP contribution in [0.15, 0.2) is 97.2 Å². The highest BCUT2D eigenvalue weighted by atomic mass is 16.7. The van der Waals surface area contributed by atoms with Gasteiger partial charge in [0.05, 0.1) is 6.61 Å². The normalized spacial score (nSPS) is 18.4. The van der Waals surface area contributed by atoms with E-state index in [0.717, 1.165) is 161 Å². The van der Waals surface area contributed by atoms with Crippen molar-refractivity contribution in [2.45, 2.75) is 302 Å². The Kier molecular flexibility index (Phi) is 51.7. The average molecular weight is 1140 g/mol. The van der Waals surface area contributed by atoms with Gasteiger partial charge in [0, 0.05) is 19.3 Å². The first-order valence-corrected chi connectivity index (χ1v) is 32.2. The van der Waals surface area contributed by atoms with E-state index in [1.807, 2.05) is 0 Å². The number of carbonyl (C=O) groups excluding carboxylic acids is 3. The lowest BCUT2D eigenvalue weighted by Crippen LogP contribution is -2.61. The van der Waals surface area contributed by atoms with Crippen molar-refractivity contribution in [2.24, 2.45) is 0 Å². The second-order valence-corrected chi connectivity index (χ2v) is 21.7. The van der Waals surface area contributed by atoms with Gasteiger partial charge in [-0.2, -0.15) is 0 Å². The minimum absolute atomic E-state index is 0.0424. The smallest absolute Gasteiger partial charge is 0.335 e. The highest BCUT2D eigenvalue weighted by Crippen LogP contribution is 2.26. The molecule has 1 aliphatic heterocycles. The summed E-state index contributed by atoms with van der Waals surface area (Å²) in [6.45, 7) is 5.82. The number of hydrogen-bond donors (Lipinski definition) is 3. The van der Waals surface area contributed by atoms with Crippen LogP contribution in [-0.4, -0.2) is 89.2 Å². The van der Waals surface area contributed by atoms with Gasteiger partial charge in [-0.1, -0.05) is 221 Å². The molecule has 12 nitrogen and oxygen atoms in total. The molecule has 0 aromatic rings. The molecule has 6 atom stereocenters. The van der Waals surface area contributed by atoms with Gasteiger partial charge < -0.3 is 39.0 Å². The first-order chi connectivity index (χ1) is 39.6. The van der Waals surface area contributed by atoms with Crippen LogP contribution in [0.5, 0.6) is 0 Å². The van der Waals surface area contributed by atoms with Crippen molar-refractivity contribution in [2.75, 3.05) is 13.2 Å². The molecule has 0 saturated carbocycles. The Bertz CT molecular complexity index is 1780. The van der Waals surface area contributed by atoms with Crippen molar-refractivity contribution in [3.63, 3.8) is 0 Å². The molecule has 1 aliphatic rings. The number of carboxylic acid groups (broad SMARTS) is 1. The van der Waals surface area contributed by atoms with Gasteiger partial charge in [-0.25, -0.2) is 4.79 Å². The summed E-state index contributed by atoms with van der Waals surface area (Å²) in [5.41, 5.74) is 0. The Morgan fingerprint density at radius 2 is 0.778 bits per heavy atom. The van der Waals surface area contributed by atoms with Crippen LogP contribution in [0.4, 0.5) is 0 Å². The quantitative estimate of drug-likeness (QED) is 0.0228. The summed E-state index contributed by atoms with van der Waals surface area (Å²) in [7, 11) is 0. The predicted molar refractivity (Wildman–Crippen MR) is 331 cm³/mol. The topological polar surface area (TPSA) is 175 Å². The van der Waals surface area contributed by atoms with Gasteiger partial charge in [0.15, 0.2) is 24.6 Å². The zero-order valence-corrected chi connectivity index (χ0v) is 51.0. The van der Waals surface area contributed by atoms with Crippen molar-refractivity contribution in [1.29, 1.82) is 0 Å². The number of allylic oxidation sites excluding steroid dienone is 16. The summed E-state index contributed by atoms with van der Waals surface area (Å²) < 4.78 is 28.5. The number of ether oxygens (including phenoxy) is 5. The summed E-state index contributed by atoms with van der Waals surface area (Å²) in [5.74, 6) is -3.17. The molecule has 1 heterocycles. The Balaban J connectivity index is 2.68. The van der Waals surface area contributed by atoms with Crippen LogP contribution in [0, 0.1) is 0 Å². The minimum atomic E-state index is -1.92. The van der Waals surface area contributed by atoms with E-state index in [-0.39, 0.29) is 25.9 Å². The van der Waals surface area contributed by atoms with Crippen LogP contribution in [0.3, 0.4) is 0 Å². The predicted octanol–water partition coefficient (Wildman–Crippen LogP) is 17.2. The van der Waals surface area contributed by atoms with Gasteiger partial charge in [-0.15, -0.1) is 0 Å². The summed E-state index contributed by atoms with van der Waals surface area (Å²) in [6, 6.07) is 0. The average Bonchev–Trinajstić information content (AvgIpc) is 3.53. The lowest BCUT2D eigenvalue weighted by Gasteiger charge is -2.40. The molecular formula is C69H114O12. The standard InChI is InChI=1S/C69H114O12/c1-4-7-10-13-16-19-22-25-28-30-31-33-35-37-40-43-46-49-52-55-61(70)77-58-60(79-62(71)56-53-50-47-44-41-38-34-27-24-21-18-15-12-9-6-3)59-78-69-67(65(74)64(73)66(81-69)68(75)76)80-63(72)57-54-51-48-45-42-39-36-32-29-26-23-20-17-14-11-8-5-2/h8,11,16-21,25-29,31,33-34,60,64-67,69,73-74H,4-7,9-10,12-15,22-24,30,32,35-59H2,1-3H3,(H,75,76)/b11-8-,19-16-,20-17-,21-18-,28-25-,29-26-,33-31-,34-27-. The van der Waals surface area contributed by atoms with Crippen molar-refractivity contribution < 1.29 is 58.2 Å². The second-order valence-electron chi connectivity index (χ2n) is 21.7. The number of carboxylic acids is 1. The van der Waals surface area contributed by atoms with Crippen molar-refractivity contribution in [3.8, 4) is 0 Å². The number of esters is 3. The minimum Gasteiger partial charge on any atom is -0.479 e. The number of aliphatic hydroxyl groups excluding tert-OH is 2. The van der Waals surface area contributed by atoms with Crippen LogP contribution >= 0.6 is 0 Å². The van der Waals surface area contributed by atoms with Crippen molar-refractivity contribution >= 4 is 23.9 Å². The number of rotatable bonds is 54. The molecule has 81 heavy (non-hydrogen) atoms. The Hall–Kier alpha value is -4.36. The van der Waals surface area contributed by atoms with Gasteiger partial charge in [0.2, 0.25) is 0 Å². The highest BCUT2D eigenvalue weighted by Gasteiger charge is 2.50. The maximum atomic E-state index is 13.2. The van der Waals surface area contributed by atoms with Crippen molar-refractivity contribution in [1.82, 2.24) is 0 Å². The molecule has 0 spiro atoms. The SMILES string of the molecule is CC/C=C\C/C=C\C/C=C\CCCCCCCCCC(=O)OC1C(OCC(COC(=O)CCCCCCCC/C=C\C/C=C\C/C=C\CCCCC)OC(=O)CCCCCCC/C=C\C/C=C\CCCCC)OC(C(=O)O)C(O)C1O. The third-order valence-corrected chi connectivity index (χ3v) is 14.1. The zero-order chi connectivity index (χ0) is 58.9. The summed E-state index contributed by atoms with van der Waals surface area (Å²) in [6.07, 6.45) is 62.1. The van der Waals surface area contributed by atoms with E-state index in [1.165, 1.54) is 44.9 Å². The van der Waals surface area contributed by atoms with E-state index in [4.69, 9.17) is 23.7 Å². The fourth-order valence-electron chi connectivity index (χ4n) is 9.18. The molecule has 1 saturated heterocycles. The Labute approximate surface area is 492 Å². The molecule has 0 aromatic heterocycles. The fraction of sp³-hybridized carbons (Fsp3) is 0.710. The lowest BCUT2D eigenvalue weighted by atomic mass is 9.98. The monoisotopic (exact) mass is 1130 g/mol. The van der Waals surface area contributed by atoms with Crippen LogP contribution in [-0.2, 0) is 42.9 Å². The van der Waals surface area contributed by atoms with Crippen LogP contribution in [0.25, 0.3) is 0 Å². The molecule has 0 amide bonds. The molecule has 0 radical (unpaired) electrons. The van der Waals surface area contributed by atoms with Crippen molar-refractivity contribution in [3.05, 3.63) is 97.2 Å². The molecule has 6 unspecified atom stereocenters. The number of unbranched alkanes of at least 4 members (excludes halogenated alkanes) is 24. The maximum Gasteiger partial charge on any atom is 0.335 e. The molecule has 3 N–H and O–H groups in total. The van der Waals surface area contributed by atoms with E-state index in [1.54, 1.807) is 0 Å². The maximum absolute atomic E-state index is 13.2. The molecule has 0 aromatic carbocycles. The van der Waals surface area contributed by atoms with Gasteiger partial charge in [0.1, 0.15) is 18.8 Å². The third-order valence-electron chi connectivity index (χ3n) is 14.1. The second kappa shape index (κ2) is 56.1. The van der Waals surface area contributed by atoms with Gasteiger partial charge in [-0.05, 0) is 122 Å². The Morgan fingerprint density at radius 3 is 1.19 bits per heavy atom. The molecule has 0 bridgehead atoms. The molecule has 0 aliphatic carbocycles. The molecule has 12 heteroatoms. The molecule has 1 rings (SSSR count). The summed E-state index contributed by atoms with van der Waals surface area (Å²) in [5, 5.41) is 31.6. The van der Waals surface area contributed by atoms with Gasteiger partial charge in [0.25, 0.3) is 0 Å². The number of aliphatic hydroxyl groups is 2. The highest BCUT2D eigenvalue weighted by molar-refractivity contribution is 5.74. The number of hydrogen-bond acceptors (Lipinski definition) is 11. The first kappa shape index (κ1) is 74.7. The van der Waals surface area contributed by atoms with Crippen LogP contribution in [0.2, 0.25) is 0 Å². The lowest BCUT2D eigenvalue weighted by molar-refractivity contribution is -0.301.